The Morgan fingerprint density at radius 1 is 1.20 bits per heavy atom. The molecule has 0 radical (unpaired) electrons. The summed E-state index contributed by atoms with van der Waals surface area (Å²) < 4.78 is 54.6. The maximum absolute atomic E-state index is 13.5. The normalized spacial score (nSPS) is 11.4. The van der Waals surface area contributed by atoms with Crippen LogP contribution in [0, 0.1) is 29.9 Å². The van der Waals surface area contributed by atoms with Gasteiger partial charge in [0, 0.05) is 12.3 Å². The highest BCUT2D eigenvalue weighted by atomic mass is 32.2. The second-order valence-corrected chi connectivity index (χ2v) is 6.97. The molecule has 2 aromatic heterocycles. The maximum atomic E-state index is 13.5. The molecule has 0 fully saturated rings. The Kier molecular flexibility index (Phi) is 4.10. The van der Waals surface area contributed by atoms with Crippen LogP contribution in [0.4, 0.5) is 14.5 Å². The van der Waals surface area contributed by atoms with Gasteiger partial charge in [0.2, 0.25) is 0 Å². The molecular formula is C15H11F2N5O2S. The van der Waals surface area contributed by atoms with Gasteiger partial charge in [0.25, 0.3) is 10.0 Å². The largest absolute Gasteiger partial charge is 0.285 e. The zero-order valence-electron chi connectivity index (χ0n) is 12.9. The van der Waals surface area contributed by atoms with Crippen molar-refractivity contribution in [1.82, 2.24) is 14.6 Å². The molecule has 0 N–H and O–H groups in total. The standard InChI is InChI=1S/C15H11F2N5O2S/c1-10-19-20-15-5-3-12(9-21(10)15)25(23,24)22(7-6-18)11-2-4-13(16)14(17)8-11/h2-5,8-9H,7H2,1H3. The van der Waals surface area contributed by atoms with Crippen molar-refractivity contribution in [2.24, 2.45) is 0 Å². The minimum atomic E-state index is -4.19. The SMILES string of the molecule is Cc1nnc2ccc(S(=O)(=O)N(CC#N)c3ccc(F)c(F)c3)cn12. The topological polar surface area (TPSA) is 91.4 Å². The molecule has 0 aliphatic carbocycles. The number of aromatic nitrogens is 3. The highest BCUT2D eigenvalue weighted by Crippen LogP contribution is 2.25. The Labute approximate surface area is 141 Å². The van der Waals surface area contributed by atoms with Crippen LogP contribution in [0.25, 0.3) is 5.65 Å². The molecule has 0 saturated heterocycles. The molecule has 7 nitrogen and oxygen atoms in total. The van der Waals surface area contributed by atoms with E-state index in [1.54, 1.807) is 13.0 Å². The van der Waals surface area contributed by atoms with Crippen molar-refractivity contribution in [3.8, 4) is 6.07 Å². The fourth-order valence-corrected chi connectivity index (χ4v) is 3.64. The number of hydrogen-bond donors (Lipinski definition) is 0. The second-order valence-electron chi connectivity index (χ2n) is 5.11. The number of nitrogens with zero attached hydrogens (tertiary/aromatic N) is 5. The highest BCUT2D eigenvalue weighted by molar-refractivity contribution is 7.92. The van der Waals surface area contributed by atoms with Crippen LogP contribution in [-0.4, -0.2) is 29.6 Å². The van der Waals surface area contributed by atoms with Crippen molar-refractivity contribution in [3.63, 3.8) is 0 Å². The zero-order valence-corrected chi connectivity index (χ0v) is 13.7. The minimum Gasteiger partial charge on any atom is -0.285 e. The number of benzene rings is 1. The molecule has 0 spiro atoms. The third kappa shape index (κ3) is 2.89. The van der Waals surface area contributed by atoms with Crippen LogP contribution >= 0.6 is 0 Å². The van der Waals surface area contributed by atoms with E-state index in [-0.39, 0.29) is 10.6 Å². The van der Waals surface area contributed by atoms with Crippen molar-refractivity contribution in [2.75, 3.05) is 10.8 Å². The summed E-state index contributed by atoms with van der Waals surface area (Å²) in [5, 5.41) is 16.7. The van der Waals surface area contributed by atoms with Gasteiger partial charge < -0.3 is 0 Å². The van der Waals surface area contributed by atoms with Crippen LogP contribution in [0.15, 0.2) is 41.4 Å². The molecular weight excluding hydrogens is 352 g/mol. The summed E-state index contributed by atoms with van der Waals surface area (Å²) in [5.74, 6) is -1.84. The van der Waals surface area contributed by atoms with Crippen LogP contribution in [0.5, 0.6) is 0 Å². The fraction of sp³-hybridized carbons (Fsp3) is 0.133. The molecule has 0 unspecified atom stereocenters. The van der Waals surface area contributed by atoms with Crippen molar-refractivity contribution in [3.05, 3.63) is 54.0 Å². The van der Waals surface area contributed by atoms with E-state index in [0.717, 1.165) is 18.2 Å². The summed E-state index contributed by atoms with van der Waals surface area (Å²) in [5.41, 5.74) is 0.303. The molecule has 2 heterocycles. The Bertz CT molecular complexity index is 1100. The number of nitriles is 1. The van der Waals surface area contributed by atoms with Crippen LogP contribution in [0.3, 0.4) is 0 Å². The van der Waals surface area contributed by atoms with Crippen LogP contribution < -0.4 is 4.31 Å². The average molecular weight is 363 g/mol. The Morgan fingerprint density at radius 2 is 1.96 bits per heavy atom. The van der Waals surface area contributed by atoms with Crippen molar-refractivity contribution < 1.29 is 17.2 Å². The monoisotopic (exact) mass is 363 g/mol. The highest BCUT2D eigenvalue weighted by Gasteiger charge is 2.26. The van der Waals surface area contributed by atoms with Crippen molar-refractivity contribution in [1.29, 1.82) is 5.26 Å². The first-order chi connectivity index (χ1) is 11.8. The molecule has 0 aliphatic heterocycles. The number of aryl methyl sites for hydroxylation is 1. The minimum absolute atomic E-state index is 0.136. The molecule has 1 aromatic carbocycles. The van der Waals surface area contributed by atoms with Crippen molar-refractivity contribution in [2.45, 2.75) is 11.8 Å². The molecule has 25 heavy (non-hydrogen) atoms. The van der Waals surface area contributed by atoms with Gasteiger partial charge in [-0.15, -0.1) is 10.2 Å². The quantitative estimate of drug-likeness (QED) is 0.662. The number of halogens is 2. The first-order valence-corrected chi connectivity index (χ1v) is 8.45. The Balaban J connectivity index is 2.14. The molecule has 128 valence electrons. The fourth-order valence-electron chi connectivity index (χ4n) is 2.29. The third-order valence-corrected chi connectivity index (χ3v) is 5.30. The average Bonchev–Trinajstić information content (AvgIpc) is 2.96. The van der Waals surface area contributed by atoms with E-state index < -0.39 is 28.2 Å². The first-order valence-electron chi connectivity index (χ1n) is 7.01. The molecule has 0 saturated carbocycles. The molecule has 3 aromatic rings. The lowest BCUT2D eigenvalue weighted by Gasteiger charge is -2.21. The first kappa shape index (κ1) is 16.8. The smallest absolute Gasteiger partial charge is 0.266 e. The van der Waals surface area contributed by atoms with Crippen LogP contribution in [0.2, 0.25) is 0 Å². The predicted octanol–water partition coefficient (Wildman–Crippen LogP) is 2.03. The molecule has 0 atom stereocenters. The number of rotatable bonds is 4. The molecule has 0 aliphatic rings. The van der Waals surface area contributed by atoms with Gasteiger partial charge >= 0.3 is 0 Å². The number of anilines is 1. The van der Waals surface area contributed by atoms with E-state index in [1.807, 2.05) is 0 Å². The summed E-state index contributed by atoms with van der Waals surface area (Å²) in [4.78, 5) is -0.136. The van der Waals surface area contributed by atoms with E-state index in [2.05, 4.69) is 10.2 Å². The van der Waals surface area contributed by atoms with Gasteiger partial charge in [0.05, 0.1) is 11.8 Å². The van der Waals surface area contributed by atoms with Gasteiger partial charge in [-0.05, 0) is 31.2 Å². The Hall–Kier alpha value is -3.06. The van der Waals surface area contributed by atoms with Gasteiger partial charge in [-0.25, -0.2) is 17.2 Å². The number of pyridine rings is 1. The molecule has 10 heteroatoms. The third-order valence-electron chi connectivity index (χ3n) is 3.54. The lowest BCUT2D eigenvalue weighted by atomic mass is 10.3. The maximum Gasteiger partial charge on any atom is 0.266 e. The van der Waals surface area contributed by atoms with Gasteiger partial charge in [0.15, 0.2) is 17.3 Å². The van der Waals surface area contributed by atoms with E-state index in [1.165, 1.54) is 22.7 Å². The van der Waals surface area contributed by atoms with Gasteiger partial charge in [-0.2, -0.15) is 5.26 Å². The summed E-state index contributed by atoms with van der Waals surface area (Å²) in [6, 6.07) is 7.11. The Morgan fingerprint density at radius 3 is 2.64 bits per heavy atom. The molecule has 0 bridgehead atoms. The zero-order chi connectivity index (χ0) is 18.2. The van der Waals surface area contributed by atoms with Crippen LogP contribution in [-0.2, 0) is 10.0 Å². The van der Waals surface area contributed by atoms with E-state index >= 15 is 0 Å². The summed E-state index contributed by atoms with van der Waals surface area (Å²) in [6.45, 7) is 1.09. The molecule has 3 rings (SSSR count). The number of fused-ring (bicyclic) bond motifs is 1. The number of hydrogen-bond acceptors (Lipinski definition) is 5. The second kappa shape index (κ2) is 6.10. The predicted molar refractivity (Wildman–Crippen MR) is 84.2 cm³/mol. The lowest BCUT2D eigenvalue weighted by Crippen LogP contribution is -2.31. The molecule has 0 amide bonds. The van der Waals surface area contributed by atoms with E-state index in [0.29, 0.717) is 15.8 Å². The number of sulfonamides is 1. The van der Waals surface area contributed by atoms with E-state index in [9.17, 15) is 17.2 Å². The summed E-state index contributed by atoms with van der Waals surface area (Å²) >= 11 is 0. The van der Waals surface area contributed by atoms with Crippen LogP contribution in [0.1, 0.15) is 5.82 Å². The lowest BCUT2D eigenvalue weighted by molar-refractivity contribution is 0.508. The van der Waals surface area contributed by atoms with Gasteiger partial charge in [-0.3, -0.25) is 8.71 Å². The summed E-state index contributed by atoms with van der Waals surface area (Å²) in [7, 11) is -4.19. The van der Waals surface area contributed by atoms with Gasteiger partial charge in [-0.1, -0.05) is 0 Å². The van der Waals surface area contributed by atoms with Gasteiger partial charge in [0.1, 0.15) is 17.3 Å². The van der Waals surface area contributed by atoms with E-state index in [4.69, 9.17) is 5.26 Å². The van der Waals surface area contributed by atoms with Crippen molar-refractivity contribution >= 4 is 21.4 Å². The summed E-state index contributed by atoms with van der Waals surface area (Å²) in [6.07, 6.45) is 1.31.